The molecule has 0 aliphatic heterocycles. The summed E-state index contributed by atoms with van der Waals surface area (Å²) < 4.78 is 2.65. The van der Waals surface area contributed by atoms with Crippen LogP contribution < -0.4 is 5.32 Å². The third-order valence-corrected chi connectivity index (χ3v) is 13.0. The molecule has 0 bridgehead atoms. The van der Waals surface area contributed by atoms with E-state index in [-0.39, 0.29) is 10.8 Å². The van der Waals surface area contributed by atoms with Crippen molar-refractivity contribution in [2.45, 2.75) is 45.4 Å². The molecule has 1 nitrogen and oxygen atoms in total. The summed E-state index contributed by atoms with van der Waals surface area (Å²) in [6, 6.07) is 60.9. The van der Waals surface area contributed by atoms with Crippen molar-refractivity contribution < 1.29 is 0 Å². The molecule has 1 aromatic heterocycles. The first-order valence-corrected chi connectivity index (χ1v) is 20.2. The van der Waals surface area contributed by atoms with Crippen LogP contribution in [-0.2, 0) is 10.8 Å². The van der Waals surface area contributed by atoms with E-state index in [1.165, 1.54) is 92.1 Å². The quantitative estimate of drug-likeness (QED) is 0.186. The zero-order valence-electron chi connectivity index (χ0n) is 32.0. The Labute approximate surface area is 328 Å². The number of rotatable bonds is 5. The summed E-state index contributed by atoms with van der Waals surface area (Å²) >= 11 is 1.88. The molecule has 0 unspecified atom stereocenters. The van der Waals surface area contributed by atoms with Crippen molar-refractivity contribution in [1.29, 1.82) is 0 Å². The van der Waals surface area contributed by atoms with E-state index in [1.54, 1.807) is 0 Å². The molecule has 266 valence electrons. The van der Waals surface area contributed by atoms with Crippen molar-refractivity contribution in [3.63, 3.8) is 0 Å². The Morgan fingerprint density at radius 2 is 1.16 bits per heavy atom. The second-order valence-electron chi connectivity index (χ2n) is 16.7. The molecular weight excluding hydrogens is 683 g/mol. The van der Waals surface area contributed by atoms with E-state index in [1.807, 2.05) is 11.3 Å². The summed E-state index contributed by atoms with van der Waals surface area (Å²) in [5.74, 6) is 0. The third-order valence-electron chi connectivity index (χ3n) is 11.8. The maximum absolute atomic E-state index is 3.87. The van der Waals surface area contributed by atoms with Gasteiger partial charge in [-0.1, -0.05) is 162 Å². The third kappa shape index (κ3) is 5.58. The molecule has 1 aliphatic rings. The maximum Gasteiger partial charge on any atom is 0.0464 e. The van der Waals surface area contributed by atoms with E-state index in [0.717, 1.165) is 11.4 Å². The first-order chi connectivity index (χ1) is 26.6. The van der Waals surface area contributed by atoms with Gasteiger partial charge in [-0.15, -0.1) is 11.3 Å². The Balaban J connectivity index is 1.14. The monoisotopic (exact) mass is 725 g/mol. The second kappa shape index (κ2) is 12.5. The molecule has 1 aliphatic carbocycles. The summed E-state index contributed by atoms with van der Waals surface area (Å²) in [4.78, 5) is 0. The number of benzene rings is 8. The lowest BCUT2D eigenvalue weighted by atomic mass is 9.78. The molecule has 1 N–H and O–H groups in total. The van der Waals surface area contributed by atoms with Crippen LogP contribution in [0.15, 0.2) is 164 Å². The van der Waals surface area contributed by atoms with Crippen LogP contribution in [0.2, 0.25) is 0 Å². The molecule has 0 fully saturated rings. The number of para-hydroxylation sites is 1. The van der Waals surface area contributed by atoms with E-state index in [2.05, 4.69) is 204 Å². The summed E-state index contributed by atoms with van der Waals surface area (Å²) in [7, 11) is 0. The highest BCUT2D eigenvalue weighted by Crippen LogP contribution is 2.56. The highest BCUT2D eigenvalue weighted by Gasteiger charge is 2.39. The summed E-state index contributed by atoms with van der Waals surface area (Å²) in [6.07, 6.45) is 0. The lowest BCUT2D eigenvalue weighted by Gasteiger charge is -2.25. The smallest absolute Gasteiger partial charge is 0.0464 e. The molecule has 0 saturated carbocycles. The minimum Gasteiger partial charge on any atom is -0.355 e. The van der Waals surface area contributed by atoms with Crippen LogP contribution in [0.25, 0.3) is 75.5 Å². The number of hydrogen-bond donors (Lipinski definition) is 1. The summed E-state index contributed by atoms with van der Waals surface area (Å²) in [6.45, 7) is 11.7. The van der Waals surface area contributed by atoms with Gasteiger partial charge in [-0.2, -0.15) is 0 Å². The van der Waals surface area contributed by atoms with Crippen molar-refractivity contribution >= 4 is 53.7 Å². The fourth-order valence-corrected chi connectivity index (χ4v) is 9.93. The van der Waals surface area contributed by atoms with Crippen molar-refractivity contribution in [3.8, 4) is 44.5 Å². The van der Waals surface area contributed by atoms with E-state index in [9.17, 15) is 0 Å². The lowest BCUT2D eigenvalue weighted by Crippen LogP contribution is -2.17. The average molecular weight is 726 g/mol. The van der Waals surface area contributed by atoms with Crippen LogP contribution in [0, 0.1) is 0 Å². The zero-order valence-corrected chi connectivity index (χ0v) is 32.8. The van der Waals surface area contributed by atoms with Crippen LogP contribution in [0.4, 0.5) is 11.4 Å². The molecule has 0 amide bonds. The maximum atomic E-state index is 3.87. The van der Waals surface area contributed by atoms with Crippen LogP contribution in [-0.4, -0.2) is 0 Å². The van der Waals surface area contributed by atoms with Crippen LogP contribution in [0.3, 0.4) is 0 Å². The van der Waals surface area contributed by atoms with Crippen LogP contribution >= 0.6 is 11.3 Å². The molecule has 9 aromatic rings. The SMILES string of the molecule is CC(C)(C)c1ccc2c(c1)C(C)(C)c1ccc(-c3ccc4c(c3)sc3ccccc34)c(-c3ccccc3Nc3ccc(-c4ccc5ccccc5c4)cc3)c1-2. The Hall–Kier alpha value is -5.96. The molecule has 0 atom stereocenters. The molecule has 55 heavy (non-hydrogen) atoms. The average Bonchev–Trinajstić information content (AvgIpc) is 3.68. The van der Waals surface area contributed by atoms with Gasteiger partial charge >= 0.3 is 0 Å². The lowest BCUT2D eigenvalue weighted by molar-refractivity contribution is 0.584. The number of anilines is 2. The largest absolute Gasteiger partial charge is 0.355 e. The molecule has 10 rings (SSSR count). The molecule has 0 saturated heterocycles. The van der Waals surface area contributed by atoms with Gasteiger partial charge in [0.25, 0.3) is 0 Å². The van der Waals surface area contributed by atoms with Gasteiger partial charge in [0.15, 0.2) is 0 Å². The molecule has 8 aromatic carbocycles. The van der Waals surface area contributed by atoms with Gasteiger partial charge in [-0.3, -0.25) is 0 Å². The van der Waals surface area contributed by atoms with Gasteiger partial charge in [0.05, 0.1) is 0 Å². The van der Waals surface area contributed by atoms with Crippen molar-refractivity contribution in [2.75, 3.05) is 5.32 Å². The molecule has 1 heterocycles. The highest BCUT2D eigenvalue weighted by atomic mass is 32.1. The van der Waals surface area contributed by atoms with Crippen molar-refractivity contribution in [2.24, 2.45) is 0 Å². The number of hydrogen-bond acceptors (Lipinski definition) is 2. The molecule has 0 spiro atoms. The van der Waals surface area contributed by atoms with E-state index >= 15 is 0 Å². The fourth-order valence-electron chi connectivity index (χ4n) is 8.79. The van der Waals surface area contributed by atoms with Crippen molar-refractivity contribution in [3.05, 3.63) is 180 Å². The van der Waals surface area contributed by atoms with Crippen LogP contribution in [0.5, 0.6) is 0 Å². The van der Waals surface area contributed by atoms with Gasteiger partial charge in [-0.25, -0.2) is 0 Å². The zero-order chi connectivity index (χ0) is 37.5. The number of fused-ring (bicyclic) bond motifs is 7. The number of nitrogens with one attached hydrogen (secondary N) is 1. The van der Waals surface area contributed by atoms with E-state index in [0.29, 0.717) is 0 Å². The Kier molecular flexibility index (Phi) is 7.67. The van der Waals surface area contributed by atoms with E-state index < -0.39 is 0 Å². The predicted octanol–water partition coefficient (Wildman–Crippen LogP) is 15.6. The number of thiophene rings is 1. The standard InChI is InChI=1S/C53H43NS/c1-52(2,3)38-23-27-43-46(32-38)53(4,5)45-29-28-40(37-22-26-42-41-14-9-11-17-48(41)55-49(42)31-37)50(51(43)45)44-15-8-10-16-47(44)54-39-24-20-34(21-25-39)36-19-18-33-12-6-7-13-35(33)30-36/h6-32,54H,1-5H3. The van der Waals surface area contributed by atoms with Crippen LogP contribution in [0.1, 0.15) is 51.3 Å². The summed E-state index contributed by atoms with van der Waals surface area (Å²) in [5, 5.41) is 9.04. The van der Waals surface area contributed by atoms with Gasteiger partial charge < -0.3 is 5.32 Å². The van der Waals surface area contributed by atoms with Gasteiger partial charge in [0, 0.05) is 42.5 Å². The van der Waals surface area contributed by atoms with Gasteiger partial charge in [-0.05, 0) is 108 Å². The summed E-state index contributed by atoms with van der Waals surface area (Å²) in [5.41, 5.74) is 16.3. The second-order valence-corrected chi connectivity index (χ2v) is 17.7. The Morgan fingerprint density at radius 1 is 0.473 bits per heavy atom. The predicted molar refractivity (Wildman–Crippen MR) is 239 cm³/mol. The molecular formula is C53H43NS. The first-order valence-electron chi connectivity index (χ1n) is 19.3. The minimum atomic E-state index is -0.143. The highest BCUT2D eigenvalue weighted by molar-refractivity contribution is 7.25. The molecule has 2 heteroatoms. The minimum absolute atomic E-state index is 0.0634. The Bertz CT molecular complexity index is 2950. The van der Waals surface area contributed by atoms with Gasteiger partial charge in [0.2, 0.25) is 0 Å². The normalized spacial score (nSPS) is 13.3. The van der Waals surface area contributed by atoms with Crippen molar-refractivity contribution in [1.82, 2.24) is 0 Å². The fraction of sp³-hybridized carbons (Fsp3) is 0.132. The molecule has 0 radical (unpaired) electrons. The van der Waals surface area contributed by atoms with E-state index in [4.69, 9.17) is 0 Å². The first kappa shape index (κ1) is 33.6. The Morgan fingerprint density at radius 3 is 2.00 bits per heavy atom. The topological polar surface area (TPSA) is 12.0 Å². The van der Waals surface area contributed by atoms with Gasteiger partial charge in [0.1, 0.15) is 0 Å².